The minimum absolute atomic E-state index is 0.686. The van der Waals surface area contributed by atoms with Crippen molar-refractivity contribution in [1.82, 2.24) is 14.8 Å². The summed E-state index contributed by atoms with van der Waals surface area (Å²) in [5, 5.41) is 8.59. The van der Waals surface area contributed by atoms with E-state index in [0.717, 1.165) is 48.7 Å². The van der Waals surface area contributed by atoms with Gasteiger partial charge in [0.1, 0.15) is 5.82 Å². The molecule has 3 rings (SSSR count). The predicted octanol–water partition coefficient (Wildman–Crippen LogP) is 0.975. The molecular formula is C13H17N5. The SMILES string of the molecule is NCCCc1nnc2n1CCc1ccc(N)cc1-2. The zero-order valence-corrected chi connectivity index (χ0v) is 10.3. The Morgan fingerprint density at radius 1 is 1.28 bits per heavy atom. The Morgan fingerprint density at radius 2 is 2.17 bits per heavy atom. The van der Waals surface area contributed by atoms with Gasteiger partial charge in [-0.15, -0.1) is 10.2 Å². The van der Waals surface area contributed by atoms with Gasteiger partial charge in [0.25, 0.3) is 0 Å². The molecule has 0 bridgehead atoms. The zero-order chi connectivity index (χ0) is 12.5. The summed E-state index contributed by atoms with van der Waals surface area (Å²) in [5.74, 6) is 1.97. The second-order valence-electron chi connectivity index (χ2n) is 4.65. The van der Waals surface area contributed by atoms with E-state index in [1.54, 1.807) is 0 Å². The summed E-state index contributed by atoms with van der Waals surface area (Å²) in [6.45, 7) is 1.63. The highest BCUT2D eigenvalue weighted by Gasteiger charge is 2.20. The van der Waals surface area contributed by atoms with Crippen LogP contribution in [0.25, 0.3) is 11.4 Å². The van der Waals surface area contributed by atoms with Crippen molar-refractivity contribution in [3.8, 4) is 11.4 Å². The van der Waals surface area contributed by atoms with Crippen LogP contribution in [0.1, 0.15) is 17.8 Å². The number of nitrogens with two attached hydrogens (primary N) is 2. The van der Waals surface area contributed by atoms with Crippen molar-refractivity contribution in [2.45, 2.75) is 25.8 Å². The Hall–Kier alpha value is -1.88. The molecule has 5 heteroatoms. The summed E-state index contributed by atoms with van der Waals surface area (Å²) >= 11 is 0. The second kappa shape index (κ2) is 4.42. The number of hydrogen-bond donors (Lipinski definition) is 2. The quantitative estimate of drug-likeness (QED) is 0.787. The number of benzene rings is 1. The number of rotatable bonds is 3. The smallest absolute Gasteiger partial charge is 0.164 e. The maximum atomic E-state index is 5.85. The molecule has 1 aliphatic rings. The first-order chi connectivity index (χ1) is 8.79. The standard InChI is InChI=1S/C13H17N5/c14-6-1-2-12-16-17-13-11-8-10(15)4-3-9(11)5-7-18(12)13/h3-4,8H,1-2,5-7,14-15H2. The lowest BCUT2D eigenvalue weighted by atomic mass is 10.00. The van der Waals surface area contributed by atoms with Gasteiger partial charge in [0.2, 0.25) is 0 Å². The number of nitrogens with zero attached hydrogens (tertiary/aromatic N) is 3. The summed E-state index contributed by atoms with van der Waals surface area (Å²) in [6, 6.07) is 6.02. The van der Waals surface area contributed by atoms with Crippen LogP contribution in [0, 0.1) is 0 Å². The lowest BCUT2D eigenvalue weighted by Crippen LogP contribution is -2.14. The van der Waals surface area contributed by atoms with Crippen molar-refractivity contribution in [2.24, 2.45) is 5.73 Å². The number of aryl methyl sites for hydroxylation is 2. The number of aromatic nitrogens is 3. The predicted molar refractivity (Wildman–Crippen MR) is 70.9 cm³/mol. The van der Waals surface area contributed by atoms with Crippen LogP contribution in [-0.4, -0.2) is 21.3 Å². The summed E-state index contributed by atoms with van der Waals surface area (Å²) in [4.78, 5) is 0. The van der Waals surface area contributed by atoms with E-state index in [2.05, 4.69) is 20.8 Å². The zero-order valence-electron chi connectivity index (χ0n) is 10.3. The Kier molecular flexibility index (Phi) is 2.76. The van der Waals surface area contributed by atoms with Gasteiger partial charge in [-0.05, 0) is 37.1 Å². The van der Waals surface area contributed by atoms with Crippen LogP contribution in [0.2, 0.25) is 0 Å². The van der Waals surface area contributed by atoms with Gasteiger partial charge in [-0.3, -0.25) is 0 Å². The first-order valence-electron chi connectivity index (χ1n) is 6.30. The van der Waals surface area contributed by atoms with E-state index in [0.29, 0.717) is 6.54 Å². The minimum atomic E-state index is 0.686. The van der Waals surface area contributed by atoms with Crippen LogP contribution in [0.4, 0.5) is 5.69 Å². The van der Waals surface area contributed by atoms with Crippen molar-refractivity contribution in [3.63, 3.8) is 0 Å². The summed E-state index contributed by atoms with van der Waals surface area (Å²) in [5.41, 5.74) is 14.6. The number of hydrogen-bond acceptors (Lipinski definition) is 4. The molecule has 1 aromatic heterocycles. The molecular weight excluding hydrogens is 226 g/mol. The molecule has 4 N–H and O–H groups in total. The van der Waals surface area contributed by atoms with Crippen molar-refractivity contribution < 1.29 is 0 Å². The molecule has 0 amide bonds. The molecule has 0 saturated heterocycles. The van der Waals surface area contributed by atoms with E-state index in [1.807, 2.05) is 12.1 Å². The number of anilines is 1. The molecule has 18 heavy (non-hydrogen) atoms. The van der Waals surface area contributed by atoms with Crippen molar-refractivity contribution in [1.29, 1.82) is 0 Å². The van der Waals surface area contributed by atoms with Crippen molar-refractivity contribution >= 4 is 5.69 Å². The van der Waals surface area contributed by atoms with Crippen molar-refractivity contribution in [3.05, 3.63) is 29.6 Å². The molecule has 0 fully saturated rings. The number of nitrogen functional groups attached to an aromatic ring is 1. The molecule has 1 aliphatic heterocycles. The fraction of sp³-hybridized carbons (Fsp3) is 0.385. The highest BCUT2D eigenvalue weighted by atomic mass is 15.3. The fourth-order valence-electron chi connectivity index (χ4n) is 2.47. The Morgan fingerprint density at radius 3 is 3.00 bits per heavy atom. The van der Waals surface area contributed by atoms with Gasteiger partial charge in [0, 0.05) is 24.2 Å². The fourth-order valence-corrected chi connectivity index (χ4v) is 2.47. The maximum Gasteiger partial charge on any atom is 0.164 e. The van der Waals surface area contributed by atoms with E-state index in [-0.39, 0.29) is 0 Å². The molecule has 2 heterocycles. The lowest BCUT2D eigenvalue weighted by Gasteiger charge is -2.19. The molecule has 0 saturated carbocycles. The van der Waals surface area contributed by atoms with Crippen LogP contribution in [0.15, 0.2) is 18.2 Å². The maximum absolute atomic E-state index is 5.85. The molecule has 0 aliphatic carbocycles. The Balaban J connectivity index is 2.03. The van der Waals surface area contributed by atoms with Crippen molar-refractivity contribution in [2.75, 3.05) is 12.3 Å². The Labute approximate surface area is 106 Å². The highest BCUT2D eigenvalue weighted by molar-refractivity contribution is 5.67. The number of fused-ring (bicyclic) bond motifs is 3. The van der Waals surface area contributed by atoms with Gasteiger partial charge in [-0.25, -0.2) is 0 Å². The molecule has 0 spiro atoms. The van der Waals surface area contributed by atoms with Gasteiger partial charge in [-0.1, -0.05) is 6.07 Å². The van der Waals surface area contributed by atoms with Gasteiger partial charge in [0.05, 0.1) is 0 Å². The first-order valence-corrected chi connectivity index (χ1v) is 6.30. The van der Waals surface area contributed by atoms with E-state index < -0.39 is 0 Å². The van der Waals surface area contributed by atoms with E-state index in [4.69, 9.17) is 11.5 Å². The third-order valence-corrected chi connectivity index (χ3v) is 3.41. The lowest BCUT2D eigenvalue weighted by molar-refractivity contribution is 0.629. The van der Waals surface area contributed by atoms with Gasteiger partial charge < -0.3 is 16.0 Å². The van der Waals surface area contributed by atoms with Crippen LogP contribution >= 0.6 is 0 Å². The average Bonchev–Trinajstić information content (AvgIpc) is 2.79. The topological polar surface area (TPSA) is 82.8 Å². The largest absolute Gasteiger partial charge is 0.399 e. The second-order valence-corrected chi connectivity index (χ2v) is 4.65. The third kappa shape index (κ3) is 1.76. The normalized spacial score (nSPS) is 13.2. The summed E-state index contributed by atoms with van der Waals surface area (Å²) in [6.07, 6.45) is 2.85. The molecule has 94 valence electrons. The molecule has 0 radical (unpaired) electrons. The van der Waals surface area contributed by atoms with Crippen LogP contribution in [-0.2, 0) is 19.4 Å². The van der Waals surface area contributed by atoms with E-state index in [1.165, 1.54) is 5.56 Å². The molecule has 5 nitrogen and oxygen atoms in total. The molecule has 0 unspecified atom stereocenters. The van der Waals surface area contributed by atoms with Gasteiger partial charge in [-0.2, -0.15) is 0 Å². The summed E-state index contributed by atoms with van der Waals surface area (Å²) in [7, 11) is 0. The van der Waals surface area contributed by atoms with Crippen LogP contribution in [0.5, 0.6) is 0 Å². The van der Waals surface area contributed by atoms with E-state index >= 15 is 0 Å². The van der Waals surface area contributed by atoms with E-state index in [9.17, 15) is 0 Å². The van der Waals surface area contributed by atoms with Gasteiger partial charge >= 0.3 is 0 Å². The van der Waals surface area contributed by atoms with Gasteiger partial charge in [0.15, 0.2) is 5.82 Å². The van der Waals surface area contributed by atoms with Crippen LogP contribution < -0.4 is 11.5 Å². The minimum Gasteiger partial charge on any atom is -0.399 e. The Bertz CT molecular complexity index is 573. The third-order valence-electron chi connectivity index (χ3n) is 3.41. The average molecular weight is 243 g/mol. The molecule has 0 atom stereocenters. The molecule has 2 aromatic rings. The summed E-state index contributed by atoms with van der Waals surface area (Å²) < 4.78 is 2.19. The first kappa shape index (κ1) is 11.2. The molecule has 1 aromatic carbocycles. The monoisotopic (exact) mass is 243 g/mol. The van der Waals surface area contributed by atoms with Crippen LogP contribution in [0.3, 0.4) is 0 Å². The highest BCUT2D eigenvalue weighted by Crippen LogP contribution is 2.30.